The lowest BCUT2D eigenvalue weighted by Gasteiger charge is -2.06. The maximum Gasteiger partial charge on any atom is 0.224 e. The number of carbonyl (C=O) groups is 1. The second kappa shape index (κ2) is 5.91. The van der Waals surface area contributed by atoms with Gasteiger partial charge < -0.3 is 5.32 Å². The van der Waals surface area contributed by atoms with Crippen molar-refractivity contribution < 1.29 is 4.79 Å². The van der Waals surface area contributed by atoms with Gasteiger partial charge in [0, 0.05) is 16.6 Å². The summed E-state index contributed by atoms with van der Waals surface area (Å²) in [6.45, 7) is 4.10. The van der Waals surface area contributed by atoms with E-state index < -0.39 is 0 Å². The number of nitrogens with one attached hydrogen (secondary N) is 1. The molecule has 0 saturated heterocycles. The molecule has 0 aliphatic heterocycles. The summed E-state index contributed by atoms with van der Waals surface area (Å²) in [6.07, 6.45) is 2.59. The van der Waals surface area contributed by atoms with Crippen molar-refractivity contribution in [2.24, 2.45) is 0 Å². The zero-order valence-corrected chi connectivity index (χ0v) is 10.7. The Balaban J connectivity index is 2.57. The normalized spacial score (nSPS) is 10.1. The van der Waals surface area contributed by atoms with Crippen molar-refractivity contribution in [2.75, 3.05) is 5.32 Å². The van der Waals surface area contributed by atoms with Gasteiger partial charge in [-0.15, -0.1) is 0 Å². The molecule has 0 aliphatic rings. The highest BCUT2D eigenvalue weighted by atomic mass is 79.9. The number of rotatable bonds is 4. The summed E-state index contributed by atoms with van der Waals surface area (Å²) < 4.78 is 1.02. The average molecular weight is 270 g/mol. The summed E-state index contributed by atoms with van der Waals surface area (Å²) in [5, 5.41) is 2.88. The number of carbonyl (C=O) groups excluding carboxylic acids is 1. The van der Waals surface area contributed by atoms with Gasteiger partial charge in [0.25, 0.3) is 0 Å². The molecule has 0 radical (unpaired) electrons. The molecule has 0 saturated carbocycles. The van der Waals surface area contributed by atoms with Crippen LogP contribution >= 0.6 is 15.9 Å². The molecule has 0 fully saturated rings. The molecule has 1 amide bonds. The number of amides is 1. The van der Waals surface area contributed by atoms with E-state index in [4.69, 9.17) is 0 Å². The summed E-state index contributed by atoms with van der Waals surface area (Å²) >= 11 is 3.44. The van der Waals surface area contributed by atoms with Gasteiger partial charge in [-0.2, -0.15) is 0 Å². The van der Waals surface area contributed by atoms with Crippen LogP contribution in [-0.2, 0) is 4.79 Å². The Hall–Kier alpha value is -0.830. The van der Waals surface area contributed by atoms with E-state index in [0.29, 0.717) is 6.42 Å². The van der Waals surface area contributed by atoms with E-state index in [2.05, 4.69) is 28.2 Å². The third kappa shape index (κ3) is 4.04. The summed E-state index contributed by atoms with van der Waals surface area (Å²) in [5.74, 6) is 0.0904. The molecule has 0 aliphatic carbocycles. The van der Waals surface area contributed by atoms with Crippen molar-refractivity contribution >= 4 is 27.5 Å². The Morgan fingerprint density at radius 3 is 2.80 bits per heavy atom. The highest BCUT2D eigenvalue weighted by molar-refractivity contribution is 9.10. The van der Waals surface area contributed by atoms with Crippen molar-refractivity contribution in [1.29, 1.82) is 0 Å². The van der Waals surface area contributed by atoms with E-state index in [1.807, 2.05) is 25.1 Å². The number of aryl methyl sites for hydroxylation is 1. The number of unbranched alkanes of at least 4 members (excludes halogenated alkanes) is 1. The first-order valence-electron chi connectivity index (χ1n) is 5.19. The Morgan fingerprint density at radius 2 is 2.20 bits per heavy atom. The summed E-state index contributed by atoms with van der Waals surface area (Å²) in [5.41, 5.74) is 2.02. The van der Waals surface area contributed by atoms with E-state index in [-0.39, 0.29) is 5.91 Å². The minimum atomic E-state index is 0.0904. The first-order valence-corrected chi connectivity index (χ1v) is 5.98. The molecular formula is C12H16BrNO. The van der Waals surface area contributed by atoms with Crippen LogP contribution < -0.4 is 5.32 Å². The third-order valence-electron chi connectivity index (χ3n) is 2.21. The third-order valence-corrected chi connectivity index (χ3v) is 3.07. The van der Waals surface area contributed by atoms with Crippen LogP contribution in [0.25, 0.3) is 0 Å². The van der Waals surface area contributed by atoms with Crippen LogP contribution in [0.5, 0.6) is 0 Å². The molecule has 1 aromatic rings. The topological polar surface area (TPSA) is 29.1 Å². The van der Waals surface area contributed by atoms with E-state index in [9.17, 15) is 4.79 Å². The maximum absolute atomic E-state index is 11.4. The number of hydrogen-bond acceptors (Lipinski definition) is 1. The molecule has 1 N–H and O–H groups in total. The molecule has 1 aromatic carbocycles. The molecule has 0 heterocycles. The summed E-state index contributed by atoms with van der Waals surface area (Å²) in [6, 6.07) is 5.84. The van der Waals surface area contributed by atoms with Crippen LogP contribution in [0.2, 0.25) is 0 Å². The zero-order valence-electron chi connectivity index (χ0n) is 9.14. The van der Waals surface area contributed by atoms with Crippen LogP contribution in [0.1, 0.15) is 31.7 Å². The predicted molar refractivity (Wildman–Crippen MR) is 67.0 cm³/mol. The highest BCUT2D eigenvalue weighted by Gasteiger charge is 2.02. The summed E-state index contributed by atoms with van der Waals surface area (Å²) in [7, 11) is 0. The lowest BCUT2D eigenvalue weighted by Crippen LogP contribution is -2.10. The van der Waals surface area contributed by atoms with E-state index in [1.54, 1.807) is 0 Å². The monoisotopic (exact) mass is 269 g/mol. The molecule has 82 valence electrons. The van der Waals surface area contributed by atoms with Crippen molar-refractivity contribution in [1.82, 2.24) is 0 Å². The lowest BCUT2D eigenvalue weighted by atomic mass is 10.2. The van der Waals surface area contributed by atoms with Crippen LogP contribution in [0.3, 0.4) is 0 Å². The molecular weight excluding hydrogens is 254 g/mol. The Kier molecular flexibility index (Phi) is 4.82. The average Bonchev–Trinajstić information content (AvgIpc) is 2.20. The van der Waals surface area contributed by atoms with Gasteiger partial charge in [0.05, 0.1) is 0 Å². The fourth-order valence-electron chi connectivity index (χ4n) is 1.23. The lowest BCUT2D eigenvalue weighted by molar-refractivity contribution is -0.116. The number of halogens is 1. The minimum absolute atomic E-state index is 0.0904. The molecule has 15 heavy (non-hydrogen) atoms. The molecule has 0 atom stereocenters. The highest BCUT2D eigenvalue weighted by Crippen LogP contribution is 2.20. The fraction of sp³-hybridized carbons (Fsp3) is 0.417. The van der Waals surface area contributed by atoms with Gasteiger partial charge in [-0.05, 0) is 31.0 Å². The van der Waals surface area contributed by atoms with Gasteiger partial charge in [-0.1, -0.05) is 35.3 Å². The molecule has 0 unspecified atom stereocenters. The van der Waals surface area contributed by atoms with E-state index in [1.165, 1.54) is 5.56 Å². The molecule has 3 heteroatoms. The summed E-state index contributed by atoms with van der Waals surface area (Å²) in [4.78, 5) is 11.4. The first kappa shape index (κ1) is 12.2. The number of hydrogen-bond donors (Lipinski definition) is 1. The van der Waals surface area contributed by atoms with Crippen LogP contribution in [-0.4, -0.2) is 5.91 Å². The SMILES string of the molecule is CCCCC(=O)Nc1ccc(C)c(Br)c1. The van der Waals surface area contributed by atoms with Crippen molar-refractivity contribution in [3.05, 3.63) is 28.2 Å². The second-order valence-corrected chi connectivity index (χ2v) is 4.47. The van der Waals surface area contributed by atoms with Gasteiger partial charge in [-0.3, -0.25) is 4.79 Å². The van der Waals surface area contributed by atoms with Gasteiger partial charge in [0.1, 0.15) is 0 Å². The quantitative estimate of drug-likeness (QED) is 0.883. The number of benzene rings is 1. The fourth-order valence-corrected chi connectivity index (χ4v) is 1.61. The predicted octanol–water partition coefficient (Wildman–Crippen LogP) is 3.89. The molecule has 0 spiro atoms. The van der Waals surface area contributed by atoms with Gasteiger partial charge in [-0.25, -0.2) is 0 Å². The maximum atomic E-state index is 11.4. The smallest absolute Gasteiger partial charge is 0.224 e. The molecule has 1 rings (SSSR count). The minimum Gasteiger partial charge on any atom is -0.326 e. The van der Waals surface area contributed by atoms with E-state index in [0.717, 1.165) is 23.0 Å². The van der Waals surface area contributed by atoms with Gasteiger partial charge in [0.2, 0.25) is 5.91 Å². The van der Waals surface area contributed by atoms with Gasteiger partial charge in [0.15, 0.2) is 0 Å². The van der Waals surface area contributed by atoms with Crippen molar-refractivity contribution in [3.63, 3.8) is 0 Å². The molecule has 0 bridgehead atoms. The van der Waals surface area contributed by atoms with Crippen molar-refractivity contribution in [2.45, 2.75) is 33.1 Å². The second-order valence-electron chi connectivity index (χ2n) is 3.62. The molecule has 0 aromatic heterocycles. The number of anilines is 1. The first-order chi connectivity index (χ1) is 7.13. The Bertz CT molecular complexity index is 349. The van der Waals surface area contributed by atoms with Crippen LogP contribution in [0, 0.1) is 6.92 Å². The van der Waals surface area contributed by atoms with Crippen LogP contribution in [0.4, 0.5) is 5.69 Å². The van der Waals surface area contributed by atoms with Crippen molar-refractivity contribution in [3.8, 4) is 0 Å². The van der Waals surface area contributed by atoms with E-state index >= 15 is 0 Å². The zero-order chi connectivity index (χ0) is 11.3. The van der Waals surface area contributed by atoms with Crippen LogP contribution in [0.15, 0.2) is 22.7 Å². The Labute approximate surface area is 99.2 Å². The largest absolute Gasteiger partial charge is 0.326 e. The van der Waals surface area contributed by atoms with Gasteiger partial charge >= 0.3 is 0 Å². The standard InChI is InChI=1S/C12H16BrNO/c1-3-4-5-12(15)14-10-7-6-9(2)11(13)8-10/h6-8H,3-5H2,1-2H3,(H,14,15). The molecule has 2 nitrogen and oxygen atoms in total. The Morgan fingerprint density at radius 1 is 1.47 bits per heavy atom.